The predicted molar refractivity (Wildman–Crippen MR) is 84.2 cm³/mol. The minimum absolute atomic E-state index is 0.0153. The van der Waals surface area contributed by atoms with Gasteiger partial charge in [0.25, 0.3) is 0 Å². The maximum atomic E-state index is 12.5. The SMILES string of the molecule is CN(CC(=O)N(C)C)CC(=O)N1CCCC1c1cccs1. The number of likely N-dealkylation sites (N-methyl/N-ethyl adjacent to an activating group) is 2. The van der Waals surface area contributed by atoms with Gasteiger partial charge in [-0.25, -0.2) is 0 Å². The van der Waals surface area contributed by atoms with Crippen LogP contribution in [0.1, 0.15) is 23.8 Å². The van der Waals surface area contributed by atoms with Crippen molar-refractivity contribution in [2.75, 3.05) is 40.8 Å². The Balaban J connectivity index is 1.92. The molecule has 21 heavy (non-hydrogen) atoms. The van der Waals surface area contributed by atoms with Crippen LogP contribution < -0.4 is 0 Å². The molecule has 1 aliphatic heterocycles. The van der Waals surface area contributed by atoms with Gasteiger partial charge < -0.3 is 9.80 Å². The van der Waals surface area contributed by atoms with Gasteiger partial charge in [0.2, 0.25) is 11.8 Å². The quantitative estimate of drug-likeness (QED) is 0.826. The number of hydrogen-bond donors (Lipinski definition) is 0. The van der Waals surface area contributed by atoms with Crippen LogP contribution in [0.25, 0.3) is 0 Å². The van der Waals surface area contributed by atoms with E-state index in [2.05, 4.69) is 11.4 Å². The van der Waals surface area contributed by atoms with Crippen LogP contribution in [-0.4, -0.2) is 67.3 Å². The van der Waals surface area contributed by atoms with Crippen LogP contribution in [0.3, 0.4) is 0 Å². The van der Waals surface area contributed by atoms with Crippen LogP contribution >= 0.6 is 11.3 Å². The number of hydrogen-bond acceptors (Lipinski definition) is 4. The Bertz CT molecular complexity index is 487. The highest BCUT2D eigenvalue weighted by atomic mass is 32.1. The molecule has 1 unspecified atom stereocenters. The van der Waals surface area contributed by atoms with Gasteiger partial charge in [-0.05, 0) is 31.3 Å². The van der Waals surface area contributed by atoms with Crippen LogP contribution in [0.2, 0.25) is 0 Å². The van der Waals surface area contributed by atoms with Crippen LogP contribution in [-0.2, 0) is 9.59 Å². The minimum atomic E-state index is 0.0153. The van der Waals surface area contributed by atoms with Crippen molar-refractivity contribution in [3.8, 4) is 0 Å². The second-order valence-corrected chi connectivity index (χ2v) is 6.70. The summed E-state index contributed by atoms with van der Waals surface area (Å²) < 4.78 is 0. The first kappa shape index (κ1) is 16.0. The van der Waals surface area contributed by atoms with Crippen molar-refractivity contribution < 1.29 is 9.59 Å². The van der Waals surface area contributed by atoms with E-state index in [1.165, 1.54) is 4.88 Å². The Morgan fingerprint density at radius 2 is 2.10 bits per heavy atom. The van der Waals surface area contributed by atoms with Gasteiger partial charge in [-0.15, -0.1) is 11.3 Å². The molecule has 0 N–H and O–H groups in total. The molecule has 6 heteroatoms. The number of likely N-dealkylation sites (tertiary alicyclic amines) is 1. The zero-order valence-electron chi connectivity index (χ0n) is 12.9. The summed E-state index contributed by atoms with van der Waals surface area (Å²) in [6.45, 7) is 1.38. The number of carbonyl (C=O) groups excluding carboxylic acids is 2. The third-order valence-corrected chi connectivity index (χ3v) is 4.73. The molecule has 1 atom stereocenters. The maximum Gasteiger partial charge on any atom is 0.237 e. The van der Waals surface area contributed by atoms with E-state index < -0.39 is 0 Å². The molecular weight excluding hydrogens is 286 g/mol. The Morgan fingerprint density at radius 3 is 2.71 bits per heavy atom. The van der Waals surface area contributed by atoms with Crippen molar-refractivity contribution in [1.29, 1.82) is 0 Å². The highest BCUT2D eigenvalue weighted by molar-refractivity contribution is 7.10. The molecule has 0 aliphatic carbocycles. The van der Waals surface area contributed by atoms with Crippen LogP contribution in [0.5, 0.6) is 0 Å². The van der Waals surface area contributed by atoms with Gasteiger partial charge in [0, 0.05) is 25.5 Å². The second kappa shape index (κ2) is 7.04. The highest BCUT2D eigenvalue weighted by Crippen LogP contribution is 2.34. The molecule has 0 bridgehead atoms. The van der Waals surface area contributed by atoms with Crippen LogP contribution in [0.4, 0.5) is 0 Å². The summed E-state index contributed by atoms with van der Waals surface area (Å²) in [5.74, 6) is 0.126. The normalized spacial score (nSPS) is 18.3. The van der Waals surface area contributed by atoms with E-state index in [0.29, 0.717) is 6.54 Å². The average molecular weight is 309 g/mol. The fourth-order valence-corrected chi connectivity index (χ4v) is 3.47. The van der Waals surface area contributed by atoms with E-state index >= 15 is 0 Å². The van der Waals surface area contributed by atoms with Gasteiger partial charge in [-0.2, -0.15) is 0 Å². The molecule has 1 aromatic heterocycles. The van der Waals surface area contributed by atoms with E-state index in [-0.39, 0.29) is 24.4 Å². The lowest BCUT2D eigenvalue weighted by Crippen LogP contribution is -2.42. The van der Waals surface area contributed by atoms with E-state index in [1.54, 1.807) is 35.2 Å². The number of carbonyl (C=O) groups is 2. The molecule has 116 valence electrons. The van der Waals surface area contributed by atoms with E-state index in [4.69, 9.17) is 0 Å². The minimum Gasteiger partial charge on any atom is -0.348 e. The molecule has 1 saturated heterocycles. The average Bonchev–Trinajstić information content (AvgIpc) is 3.08. The van der Waals surface area contributed by atoms with Gasteiger partial charge in [0.15, 0.2) is 0 Å². The van der Waals surface area contributed by atoms with E-state index in [9.17, 15) is 9.59 Å². The van der Waals surface area contributed by atoms with Gasteiger partial charge in [0.05, 0.1) is 19.1 Å². The fraction of sp³-hybridized carbons (Fsp3) is 0.600. The van der Waals surface area contributed by atoms with Crippen molar-refractivity contribution in [2.45, 2.75) is 18.9 Å². The molecule has 0 radical (unpaired) electrons. The first-order valence-corrected chi connectivity index (χ1v) is 8.08. The lowest BCUT2D eigenvalue weighted by Gasteiger charge is -2.26. The molecule has 0 saturated carbocycles. The molecule has 2 heterocycles. The van der Waals surface area contributed by atoms with Crippen molar-refractivity contribution in [3.63, 3.8) is 0 Å². The zero-order valence-corrected chi connectivity index (χ0v) is 13.7. The van der Waals surface area contributed by atoms with E-state index in [1.807, 2.05) is 18.0 Å². The van der Waals surface area contributed by atoms with Crippen LogP contribution in [0, 0.1) is 0 Å². The summed E-state index contributed by atoms with van der Waals surface area (Å²) >= 11 is 1.71. The molecule has 0 aromatic carbocycles. The Morgan fingerprint density at radius 1 is 1.33 bits per heavy atom. The first-order valence-electron chi connectivity index (χ1n) is 7.20. The standard InChI is InChI=1S/C15H23N3O2S/c1-16(2)14(19)10-17(3)11-15(20)18-8-4-6-12(18)13-7-5-9-21-13/h5,7,9,12H,4,6,8,10-11H2,1-3H3. The summed E-state index contributed by atoms with van der Waals surface area (Å²) in [6, 6.07) is 4.35. The van der Waals surface area contributed by atoms with Crippen molar-refractivity contribution >= 4 is 23.2 Å². The maximum absolute atomic E-state index is 12.5. The molecule has 1 fully saturated rings. The highest BCUT2D eigenvalue weighted by Gasteiger charge is 2.30. The molecule has 0 spiro atoms. The lowest BCUT2D eigenvalue weighted by molar-refractivity contribution is -0.134. The fourth-order valence-electron chi connectivity index (χ4n) is 2.59. The summed E-state index contributed by atoms with van der Waals surface area (Å²) in [5.41, 5.74) is 0. The number of rotatable bonds is 5. The topological polar surface area (TPSA) is 43.9 Å². The summed E-state index contributed by atoms with van der Waals surface area (Å²) in [4.78, 5) is 30.7. The van der Waals surface area contributed by atoms with E-state index in [0.717, 1.165) is 19.4 Å². The summed E-state index contributed by atoms with van der Waals surface area (Å²) in [7, 11) is 5.27. The predicted octanol–water partition coefficient (Wildman–Crippen LogP) is 1.43. The second-order valence-electron chi connectivity index (χ2n) is 5.72. The van der Waals surface area contributed by atoms with Gasteiger partial charge in [-0.1, -0.05) is 6.07 Å². The Hall–Kier alpha value is -1.40. The molecule has 2 amide bonds. The van der Waals surface area contributed by atoms with Gasteiger partial charge >= 0.3 is 0 Å². The molecular formula is C15H23N3O2S. The molecule has 1 aliphatic rings. The molecule has 5 nitrogen and oxygen atoms in total. The number of amides is 2. The van der Waals surface area contributed by atoms with Crippen molar-refractivity contribution in [3.05, 3.63) is 22.4 Å². The molecule has 1 aromatic rings. The number of thiophene rings is 1. The first-order chi connectivity index (χ1) is 9.99. The van der Waals surface area contributed by atoms with Crippen molar-refractivity contribution in [2.24, 2.45) is 0 Å². The van der Waals surface area contributed by atoms with Gasteiger partial charge in [-0.3, -0.25) is 14.5 Å². The van der Waals surface area contributed by atoms with Crippen LogP contribution in [0.15, 0.2) is 17.5 Å². The summed E-state index contributed by atoms with van der Waals surface area (Å²) in [5, 5.41) is 2.05. The molecule has 2 rings (SSSR count). The Kier molecular flexibility index (Phi) is 5.36. The number of nitrogens with zero attached hydrogens (tertiary/aromatic N) is 3. The third-order valence-electron chi connectivity index (χ3n) is 3.75. The largest absolute Gasteiger partial charge is 0.348 e. The lowest BCUT2D eigenvalue weighted by atomic mass is 10.2. The monoisotopic (exact) mass is 309 g/mol. The summed E-state index contributed by atoms with van der Waals surface area (Å²) in [6.07, 6.45) is 2.08. The van der Waals surface area contributed by atoms with Crippen molar-refractivity contribution in [1.82, 2.24) is 14.7 Å². The Labute approximate surface area is 130 Å². The zero-order chi connectivity index (χ0) is 15.4. The smallest absolute Gasteiger partial charge is 0.237 e. The third kappa shape index (κ3) is 4.04. The van der Waals surface area contributed by atoms with Gasteiger partial charge in [0.1, 0.15) is 0 Å².